The highest BCUT2D eigenvalue weighted by Crippen LogP contribution is 2.48. The van der Waals surface area contributed by atoms with Crippen molar-refractivity contribution in [1.82, 2.24) is 10.2 Å². The van der Waals surface area contributed by atoms with E-state index in [0.717, 1.165) is 36.8 Å². The summed E-state index contributed by atoms with van der Waals surface area (Å²) in [6, 6.07) is 16.2. The molecule has 2 aromatic rings. The van der Waals surface area contributed by atoms with E-state index in [1.54, 1.807) is 4.90 Å². The molecule has 7 rings (SSSR count). The molecule has 2 aromatic carbocycles. The fourth-order valence-electron chi connectivity index (χ4n) is 6.36. The van der Waals surface area contributed by atoms with Gasteiger partial charge in [-0.15, -0.1) is 0 Å². The van der Waals surface area contributed by atoms with Crippen molar-refractivity contribution >= 4 is 18.0 Å². The summed E-state index contributed by atoms with van der Waals surface area (Å²) in [5.74, 6) is -1.03. The van der Waals surface area contributed by atoms with Crippen LogP contribution < -0.4 is 5.32 Å². The zero-order chi connectivity index (χ0) is 24.1. The number of carbonyl (C=O) groups excluding carboxylic acids is 2. The van der Waals surface area contributed by atoms with Crippen LogP contribution in [0.15, 0.2) is 48.5 Å². The molecular weight excluding hydrogens is 444 g/mol. The molecule has 2 aliphatic heterocycles. The number of carbonyl (C=O) groups is 3. The molecule has 2 saturated carbocycles. The summed E-state index contributed by atoms with van der Waals surface area (Å²) in [5.41, 5.74) is 4.67. The van der Waals surface area contributed by atoms with Crippen LogP contribution in [0.4, 0.5) is 4.79 Å². The molecule has 0 aromatic heterocycles. The number of ether oxygens (including phenoxy) is 1. The number of hydrogen-bond acceptors (Lipinski definition) is 4. The third kappa shape index (κ3) is 3.97. The molecule has 2 amide bonds. The molecule has 0 spiro atoms. The largest absolute Gasteiger partial charge is 0.481 e. The van der Waals surface area contributed by atoms with Gasteiger partial charge in [0.25, 0.3) is 0 Å². The number of amides is 2. The molecule has 5 aliphatic rings. The van der Waals surface area contributed by atoms with Gasteiger partial charge < -0.3 is 20.1 Å². The van der Waals surface area contributed by atoms with Crippen molar-refractivity contribution in [1.29, 1.82) is 0 Å². The van der Waals surface area contributed by atoms with Crippen molar-refractivity contribution < 1.29 is 24.2 Å². The lowest BCUT2D eigenvalue weighted by atomic mass is 9.74. The van der Waals surface area contributed by atoms with Gasteiger partial charge in [-0.05, 0) is 46.9 Å². The molecule has 2 N–H and O–H groups in total. The summed E-state index contributed by atoms with van der Waals surface area (Å²) in [5, 5.41) is 12.3. The van der Waals surface area contributed by atoms with E-state index in [9.17, 15) is 19.5 Å². The van der Waals surface area contributed by atoms with Gasteiger partial charge in [-0.1, -0.05) is 61.4 Å². The molecule has 4 fully saturated rings. The van der Waals surface area contributed by atoms with Crippen LogP contribution in [0.25, 0.3) is 11.1 Å². The van der Waals surface area contributed by atoms with Gasteiger partial charge in [0.05, 0.1) is 11.8 Å². The van der Waals surface area contributed by atoms with Crippen molar-refractivity contribution in [3.05, 3.63) is 59.7 Å². The number of carboxylic acids is 1. The molecule has 2 heterocycles. The lowest BCUT2D eigenvalue weighted by Crippen LogP contribution is -2.48. The normalized spacial score (nSPS) is 24.8. The van der Waals surface area contributed by atoms with E-state index in [0.29, 0.717) is 12.5 Å². The van der Waals surface area contributed by atoms with Crippen molar-refractivity contribution in [2.45, 2.75) is 37.6 Å². The van der Waals surface area contributed by atoms with Crippen LogP contribution in [-0.2, 0) is 14.3 Å². The predicted octanol–water partition coefficient (Wildman–Crippen LogP) is 3.87. The maximum Gasteiger partial charge on any atom is 0.407 e. The van der Waals surface area contributed by atoms with Crippen LogP contribution in [0.1, 0.15) is 42.7 Å². The number of rotatable bonds is 8. The first-order valence-electron chi connectivity index (χ1n) is 12.6. The van der Waals surface area contributed by atoms with E-state index in [1.807, 2.05) is 24.3 Å². The molecule has 4 unspecified atom stereocenters. The summed E-state index contributed by atoms with van der Waals surface area (Å²) in [4.78, 5) is 39.2. The van der Waals surface area contributed by atoms with E-state index in [-0.39, 0.29) is 42.9 Å². The SMILES string of the molecule is O=C(NCC(CC1CC1)C(=O)N1CC2CC1C2C(=O)O)OCC1c2ccccc2-c2ccccc21. The van der Waals surface area contributed by atoms with Gasteiger partial charge in [-0.3, -0.25) is 9.59 Å². The molecule has 0 radical (unpaired) electrons. The first kappa shape index (κ1) is 22.1. The lowest BCUT2D eigenvalue weighted by Gasteiger charge is -2.34. The van der Waals surface area contributed by atoms with Gasteiger partial charge in [-0.2, -0.15) is 0 Å². The summed E-state index contributed by atoms with van der Waals surface area (Å²) in [7, 11) is 0. The highest BCUT2D eigenvalue weighted by atomic mass is 16.5. The number of nitrogens with zero attached hydrogens (tertiary/aromatic N) is 1. The van der Waals surface area contributed by atoms with E-state index < -0.39 is 18.0 Å². The third-order valence-electron chi connectivity index (χ3n) is 8.37. The summed E-state index contributed by atoms with van der Waals surface area (Å²) in [6.07, 6.45) is 3.21. The van der Waals surface area contributed by atoms with Crippen LogP contribution in [0, 0.1) is 23.7 Å². The smallest absolute Gasteiger partial charge is 0.407 e. The fourth-order valence-corrected chi connectivity index (χ4v) is 6.36. The standard InChI is InChI=1S/C28H30N2O5/c31-26(30-14-18-12-24(30)25(18)27(32)33)17(11-16-9-10-16)13-29-28(34)35-15-23-21-7-3-1-5-19(21)20-6-2-4-8-22(20)23/h1-8,16-18,23-25H,9-15H2,(H,29,34)(H,32,33). The Kier molecular flexibility index (Phi) is 5.50. The van der Waals surface area contributed by atoms with Gasteiger partial charge in [0, 0.05) is 25.0 Å². The Bertz CT molecular complexity index is 1130. The quantitative estimate of drug-likeness (QED) is 0.606. The summed E-state index contributed by atoms with van der Waals surface area (Å²) < 4.78 is 5.64. The number of benzene rings is 2. The van der Waals surface area contributed by atoms with Crippen LogP contribution in [0.3, 0.4) is 0 Å². The minimum absolute atomic E-state index is 0.0126. The Hall–Kier alpha value is -3.35. The van der Waals surface area contributed by atoms with Gasteiger partial charge in [0.15, 0.2) is 0 Å². The highest BCUT2D eigenvalue weighted by molar-refractivity contribution is 5.84. The first-order chi connectivity index (χ1) is 17.0. The topological polar surface area (TPSA) is 95.9 Å². The first-order valence-corrected chi connectivity index (χ1v) is 12.6. The van der Waals surface area contributed by atoms with Crippen LogP contribution in [-0.4, -0.2) is 53.7 Å². The maximum atomic E-state index is 13.3. The Morgan fingerprint density at radius 3 is 2.29 bits per heavy atom. The average Bonchev–Trinajstić information content (AvgIpc) is 3.30. The Balaban J connectivity index is 1.07. The molecule has 7 nitrogen and oxygen atoms in total. The van der Waals surface area contributed by atoms with Crippen molar-refractivity contribution in [2.24, 2.45) is 23.7 Å². The number of fused-ring (bicyclic) bond motifs is 4. The van der Waals surface area contributed by atoms with Crippen molar-refractivity contribution in [3.8, 4) is 11.1 Å². The molecule has 2 bridgehead atoms. The Labute approximate surface area is 204 Å². The van der Waals surface area contributed by atoms with E-state index in [4.69, 9.17) is 4.74 Å². The zero-order valence-electron chi connectivity index (χ0n) is 19.6. The van der Waals surface area contributed by atoms with E-state index in [1.165, 1.54) is 11.1 Å². The van der Waals surface area contributed by atoms with Crippen molar-refractivity contribution in [3.63, 3.8) is 0 Å². The number of hydrogen-bond donors (Lipinski definition) is 2. The number of carboxylic acid groups (broad SMARTS) is 1. The summed E-state index contributed by atoms with van der Waals surface area (Å²) >= 11 is 0. The Morgan fingerprint density at radius 2 is 1.69 bits per heavy atom. The highest BCUT2D eigenvalue weighted by Gasteiger charge is 2.57. The Morgan fingerprint density at radius 1 is 1.03 bits per heavy atom. The second-order valence-corrected chi connectivity index (χ2v) is 10.5. The predicted molar refractivity (Wildman–Crippen MR) is 129 cm³/mol. The molecule has 4 atom stereocenters. The second-order valence-electron chi connectivity index (χ2n) is 10.5. The van der Waals surface area contributed by atoms with Gasteiger partial charge in [0.1, 0.15) is 6.61 Å². The molecule has 182 valence electrons. The van der Waals surface area contributed by atoms with Crippen LogP contribution in [0.2, 0.25) is 0 Å². The molecule has 35 heavy (non-hydrogen) atoms. The maximum absolute atomic E-state index is 13.3. The number of alkyl carbamates (subject to hydrolysis) is 1. The van der Waals surface area contributed by atoms with Gasteiger partial charge >= 0.3 is 12.1 Å². The lowest BCUT2D eigenvalue weighted by molar-refractivity contribution is -0.148. The monoisotopic (exact) mass is 474 g/mol. The summed E-state index contributed by atoms with van der Waals surface area (Å²) in [6.45, 7) is 0.974. The number of nitrogens with one attached hydrogen (secondary N) is 1. The minimum atomic E-state index is -0.808. The van der Waals surface area contributed by atoms with Gasteiger partial charge in [0.2, 0.25) is 5.91 Å². The van der Waals surface area contributed by atoms with Crippen molar-refractivity contribution in [2.75, 3.05) is 19.7 Å². The molecule has 2 saturated heterocycles. The van der Waals surface area contributed by atoms with Crippen LogP contribution in [0.5, 0.6) is 0 Å². The number of aliphatic carboxylic acids is 1. The average molecular weight is 475 g/mol. The fraction of sp³-hybridized carbons (Fsp3) is 0.464. The second kappa shape index (κ2) is 8.70. The van der Waals surface area contributed by atoms with E-state index in [2.05, 4.69) is 29.6 Å². The molecular formula is C28H30N2O5. The van der Waals surface area contributed by atoms with Gasteiger partial charge in [-0.25, -0.2) is 4.79 Å². The van der Waals surface area contributed by atoms with Crippen LogP contribution >= 0.6 is 0 Å². The molecule has 7 heteroatoms. The van der Waals surface area contributed by atoms with E-state index >= 15 is 0 Å². The third-order valence-corrected chi connectivity index (χ3v) is 8.37. The zero-order valence-corrected chi connectivity index (χ0v) is 19.6. The minimum Gasteiger partial charge on any atom is -0.481 e. The molecule has 3 aliphatic carbocycles.